The number of nitrogens with zero attached hydrogens (tertiary/aromatic N) is 1. The Hall–Kier alpha value is -2.44. The summed E-state index contributed by atoms with van der Waals surface area (Å²) in [5, 5.41) is 1.46. The number of pyridine rings is 1. The average molecular weight is 327 g/mol. The van der Waals surface area contributed by atoms with Crippen molar-refractivity contribution in [2.75, 3.05) is 12.3 Å². The lowest BCUT2D eigenvalue weighted by molar-refractivity contribution is 0.582. The monoisotopic (exact) mass is 327 g/mol. The summed E-state index contributed by atoms with van der Waals surface area (Å²) in [6, 6.07) is 14.3. The van der Waals surface area contributed by atoms with Crippen molar-refractivity contribution in [3.05, 3.63) is 66.5 Å². The number of fused-ring (bicyclic) bond motifs is 1. The van der Waals surface area contributed by atoms with E-state index < -0.39 is 10.0 Å². The number of hydrogen-bond donors (Lipinski definition) is 2. The molecule has 0 atom stereocenters. The number of aromatic nitrogens is 1. The maximum atomic E-state index is 12.6. The summed E-state index contributed by atoms with van der Waals surface area (Å²) < 4.78 is 27.8. The molecule has 0 spiro atoms. The lowest BCUT2D eigenvalue weighted by Gasteiger charge is -2.10. The van der Waals surface area contributed by atoms with Crippen LogP contribution < -0.4 is 10.5 Å². The van der Waals surface area contributed by atoms with Gasteiger partial charge in [0, 0.05) is 35.4 Å². The van der Waals surface area contributed by atoms with Gasteiger partial charge in [-0.25, -0.2) is 13.1 Å². The van der Waals surface area contributed by atoms with E-state index in [9.17, 15) is 8.42 Å². The molecule has 0 amide bonds. The van der Waals surface area contributed by atoms with E-state index in [2.05, 4.69) is 9.71 Å². The average Bonchev–Trinajstić information content (AvgIpc) is 2.56. The number of nitrogens with one attached hydrogen (secondary N) is 1. The van der Waals surface area contributed by atoms with Crippen molar-refractivity contribution >= 4 is 26.5 Å². The Morgan fingerprint density at radius 1 is 1.04 bits per heavy atom. The molecular formula is C17H17N3O2S. The Balaban J connectivity index is 1.80. The number of hydrogen-bond acceptors (Lipinski definition) is 4. The van der Waals surface area contributed by atoms with E-state index >= 15 is 0 Å². The predicted octanol–water partition coefficient (Wildman–Crippen LogP) is 2.34. The molecule has 23 heavy (non-hydrogen) atoms. The number of rotatable bonds is 5. The van der Waals surface area contributed by atoms with E-state index in [1.807, 2.05) is 30.3 Å². The lowest BCUT2D eigenvalue weighted by atomic mass is 10.1. The van der Waals surface area contributed by atoms with Crippen LogP contribution in [0.5, 0.6) is 0 Å². The van der Waals surface area contributed by atoms with Crippen LogP contribution in [0.4, 0.5) is 5.69 Å². The minimum atomic E-state index is -3.59. The van der Waals surface area contributed by atoms with Crippen LogP contribution in [-0.4, -0.2) is 19.9 Å². The first kappa shape index (κ1) is 15.5. The largest absolute Gasteiger partial charge is 0.399 e. The van der Waals surface area contributed by atoms with Gasteiger partial charge in [-0.2, -0.15) is 0 Å². The normalized spacial score (nSPS) is 11.7. The Morgan fingerprint density at radius 2 is 1.87 bits per heavy atom. The molecule has 1 aromatic heterocycles. The van der Waals surface area contributed by atoms with Gasteiger partial charge in [-0.1, -0.05) is 30.3 Å². The molecular weight excluding hydrogens is 310 g/mol. The molecule has 3 rings (SSSR count). The first-order valence-electron chi connectivity index (χ1n) is 7.24. The second kappa shape index (κ2) is 6.36. The zero-order chi connectivity index (χ0) is 16.3. The maximum Gasteiger partial charge on any atom is 0.241 e. The van der Waals surface area contributed by atoms with Crippen LogP contribution in [-0.2, 0) is 16.4 Å². The van der Waals surface area contributed by atoms with E-state index in [4.69, 9.17) is 5.73 Å². The fourth-order valence-corrected chi connectivity index (χ4v) is 3.75. The van der Waals surface area contributed by atoms with E-state index in [-0.39, 0.29) is 11.4 Å². The van der Waals surface area contributed by atoms with Crippen LogP contribution in [0.25, 0.3) is 10.8 Å². The zero-order valence-electron chi connectivity index (χ0n) is 12.4. The van der Waals surface area contributed by atoms with E-state index in [1.54, 1.807) is 30.6 Å². The van der Waals surface area contributed by atoms with Crippen LogP contribution in [0.2, 0.25) is 0 Å². The molecule has 0 saturated carbocycles. The minimum absolute atomic E-state index is 0.262. The number of benzene rings is 2. The first-order chi connectivity index (χ1) is 11.1. The van der Waals surface area contributed by atoms with Crippen molar-refractivity contribution in [3.63, 3.8) is 0 Å². The summed E-state index contributed by atoms with van der Waals surface area (Å²) in [6.45, 7) is 0.290. The van der Waals surface area contributed by atoms with Gasteiger partial charge in [0.2, 0.25) is 10.0 Å². The highest BCUT2D eigenvalue weighted by Crippen LogP contribution is 2.21. The zero-order valence-corrected chi connectivity index (χ0v) is 13.3. The van der Waals surface area contributed by atoms with Crippen LogP contribution in [0, 0.1) is 0 Å². The third-order valence-electron chi connectivity index (χ3n) is 3.67. The molecule has 0 aliphatic heterocycles. The third-order valence-corrected chi connectivity index (χ3v) is 5.19. The lowest BCUT2D eigenvalue weighted by Crippen LogP contribution is -2.26. The summed E-state index contributed by atoms with van der Waals surface area (Å²) in [6.07, 6.45) is 3.78. The molecule has 0 aliphatic carbocycles. The molecule has 6 heteroatoms. The van der Waals surface area contributed by atoms with Crippen molar-refractivity contribution < 1.29 is 8.42 Å². The van der Waals surface area contributed by atoms with Crippen LogP contribution >= 0.6 is 0 Å². The number of sulfonamides is 1. The Labute approximate surface area is 135 Å². The molecule has 0 fully saturated rings. The van der Waals surface area contributed by atoms with Gasteiger partial charge < -0.3 is 5.73 Å². The first-order valence-corrected chi connectivity index (χ1v) is 8.72. The molecule has 3 aromatic rings. The topological polar surface area (TPSA) is 85.1 Å². The van der Waals surface area contributed by atoms with Crippen LogP contribution in [0.15, 0.2) is 65.8 Å². The van der Waals surface area contributed by atoms with Gasteiger partial charge in [-0.15, -0.1) is 0 Å². The number of nitrogen functional groups attached to an aromatic ring is 1. The second-order valence-corrected chi connectivity index (χ2v) is 6.93. The molecule has 0 unspecified atom stereocenters. The minimum Gasteiger partial charge on any atom is -0.399 e. The smallest absolute Gasteiger partial charge is 0.241 e. The SMILES string of the molecule is Nc1ccccc1CCNS(=O)(=O)c1cccc2cnccc12. The molecule has 2 aromatic carbocycles. The van der Waals surface area contributed by atoms with Gasteiger partial charge in [-0.05, 0) is 30.2 Å². The Morgan fingerprint density at radius 3 is 2.70 bits per heavy atom. The fraction of sp³-hybridized carbons (Fsp3) is 0.118. The summed E-state index contributed by atoms with van der Waals surface area (Å²) >= 11 is 0. The summed E-state index contributed by atoms with van der Waals surface area (Å²) in [5.74, 6) is 0. The number of nitrogens with two attached hydrogens (primary N) is 1. The highest BCUT2D eigenvalue weighted by Gasteiger charge is 2.16. The molecule has 0 aliphatic rings. The standard InChI is InChI=1S/C17H17N3O2S/c18-16-6-2-1-4-13(16)8-11-20-23(21,22)17-7-3-5-14-12-19-10-9-15(14)17/h1-7,9-10,12,20H,8,11,18H2. The van der Waals surface area contributed by atoms with Gasteiger partial charge in [0.1, 0.15) is 0 Å². The van der Waals surface area contributed by atoms with Crippen molar-refractivity contribution in [1.29, 1.82) is 0 Å². The van der Waals surface area contributed by atoms with Crippen LogP contribution in [0.1, 0.15) is 5.56 Å². The van der Waals surface area contributed by atoms with Gasteiger partial charge in [-0.3, -0.25) is 4.98 Å². The van der Waals surface area contributed by atoms with E-state index in [0.29, 0.717) is 17.5 Å². The molecule has 0 radical (unpaired) electrons. The summed E-state index contributed by atoms with van der Waals surface area (Å²) in [5.41, 5.74) is 7.47. The van der Waals surface area contributed by atoms with Gasteiger partial charge in [0.05, 0.1) is 4.90 Å². The molecule has 1 heterocycles. The number of para-hydroxylation sites is 1. The van der Waals surface area contributed by atoms with Crippen LogP contribution in [0.3, 0.4) is 0 Å². The molecule has 118 valence electrons. The fourth-order valence-electron chi connectivity index (χ4n) is 2.49. The maximum absolute atomic E-state index is 12.6. The van der Waals surface area contributed by atoms with Crippen molar-refractivity contribution in [3.8, 4) is 0 Å². The molecule has 5 nitrogen and oxygen atoms in total. The quantitative estimate of drug-likeness (QED) is 0.704. The molecule has 3 N–H and O–H groups in total. The van der Waals surface area contributed by atoms with Gasteiger partial charge in [0.15, 0.2) is 0 Å². The summed E-state index contributed by atoms with van der Waals surface area (Å²) in [4.78, 5) is 4.28. The number of anilines is 1. The van der Waals surface area contributed by atoms with Crippen molar-refractivity contribution in [2.24, 2.45) is 0 Å². The predicted molar refractivity (Wildman–Crippen MR) is 91.5 cm³/mol. The highest BCUT2D eigenvalue weighted by molar-refractivity contribution is 7.89. The van der Waals surface area contributed by atoms with E-state index in [1.165, 1.54) is 0 Å². The second-order valence-electron chi connectivity index (χ2n) is 5.20. The Kier molecular flexibility index (Phi) is 4.27. The van der Waals surface area contributed by atoms with Gasteiger partial charge in [0.25, 0.3) is 0 Å². The van der Waals surface area contributed by atoms with E-state index in [0.717, 1.165) is 10.9 Å². The van der Waals surface area contributed by atoms with Crippen molar-refractivity contribution in [2.45, 2.75) is 11.3 Å². The highest BCUT2D eigenvalue weighted by atomic mass is 32.2. The Bertz CT molecular complexity index is 934. The van der Waals surface area contributed by atoms with Gasteiger partial charge >= 0.3 is 0 Å². The van der Waals surface area contributed by atoms with Crippen molar-refractivity contribution in [1.82, 2.24) is 9.71 Å². The molecule has 0 bridgehead atoms. The molecule has 0 saturated heterocycles. The third kappa shape index (κ3) is 3.33. The summed E-state index contributed by atoms with van der Waals surface area (Å²) in [7, 11) is -3.59.